The minimum absolute atomic E-state index is 0.0944. The number of carbonyl (C=O) groups is 2. The molecule has 0 radical (unpaired) electrons. The number of benzene rings is 3. The molecule has 0 unspecified atom stereocenters. The lowest BCUT2D eigenvalue weighted by Gasteiger charge is -2.36. The summed E-state index contributed by atoms with van der Waals surface area (Å²) in [7, 11) is 3.09. The summed E-state index contributed by atoms with van der Waals surface area (Å²) in [6, 6.07) is 19.6. The molecule has 3 aromatic carbocycles. The van der Waals surface area contributed by atoms with Gasteiger partial charge in [-0.3, -0.25) is 14.9 Å². The smallest absolute Gasteiger partial charge is 0.257 e. The number of thiocarbonyl (C=S) groups is 1. The van der Waals surface area contributed by atoms with Gasteiger partial charge in [0, 0.05) is 48.1 Å². The monoisotopic (exact) mass is 538 g/mol. The Morgan fingerprint density at radius 2 is 1.65 bits per heavy atom. The number of hydrogen-bond donors (Lipinski definition) is 2. The van der Waals surface area contributed by atoms with Crippen LogP contribution in [0.2, 0.25) is 5.02 Å². The highest BCUT2D eigenvalue weighted by molar-refractivity contribution is 7.80. The molecule has 1 heterocycles. The van der Waals surface area contributed by atoms with Gasteiger partial charge in [0.2, 0.25) is 0 Å². The number of hydrogen-bond acceptors (Lipinski definition) is 6. The first-order chi connectivity index (χ1) is 17.9. The summed E-state index contributed by atoms with van der Waals surface area (Å²) in [5.41, 5.74) is 2.70. The van der Waals surface area contributed by atoms with Gasteiger partial charge >= 0.3 is 0 Å². The highest BCUT2D eigenvalue weighted by Gasteiger charge is 2.24. The molecule has 2 amide bonds. The Labute approximate surface area is 226 Å². The number of piperazine rings is 1. The minimum Gasteiger partial charge on any atom is -0.497 e. The van der Waals surface area contributed by atoms with Crippen LogP contribution in [0.25, 0.3) is 0 Å². The number of amides is 2. The van der Waals surface area contributed by atoms with Gasteiger partial charge in [0.25, 0.3) is 11.8 Å². The van der Waals surface area contributed by atoms with E-state index in [4.69, 9.17) is 33.3 Å². The molecule has 3 aromatic rings. The van der Waals surface area contributed by atoms with Crippen LogP contribution in [0.1, 0.15) is 20.7 Å². The van der Waals surface area contributed by atoms with E-state index in [-0.39, 0.29) is 16.9 Å². The van der Waals surface area contributed by atoms with Crippen molar-refractivity contribution in [1.29, 1.82) is 0 Å². The van der Waals surface area contributed by atoms with E-state index in [1.165, 1.54) is 7.11 Å². The Kier molecular flexibility index (Phi) is 8.47. The van der Waals surface area contributed by atoms with E-state index >= 15 is 0 Å². The van der Waals surface area contributed by atoms with Gasteiger partial charge in [-0.1, -0.05) is 17.7 Å². The Morgan fingerprint density at radius 1 is 0.919 bits per heavy atom. The Balaban J connectivity index is 1.30. The fraction of sp³-hybridized carbons (Fsp3) is 0.222. The summed E-state index contributed by atoms with van der Waals surface area (Å²) in [5.74, 6) is 0.688. The van der Waals surface area contributed by atoms with Crippen LogP contribution in [0.3, 0.4) is 0 Å². The number of ether oxygens (including phenoxy) is 2. The van der Waals surface area contributed by atoms with Crippen molar-refractivity contribution in [2.45, 2.75) is 0 Å². The first-order valence-corrected chi connectivity index (χ1v) is 12.4. The molecule has 1 saturated heterocycles. The van der Waals surface area contributed by atoms with Gasteiger partial charge < -0.3 is 24.6 Å². The molecule has 8 nitrogen and oxygen atoms in total. The molecule has 37 heavy (non-hydrogen) atoms. The molecule has 2 N–H and O–H groups in total. The van der Waals surface area contributed by atoms with Gasteiger partial charge in [0.15, 0.2) is 5.11 Å². The second-order valence-corrected chi connectivity index (χ2v) is 9.16. The van der Waals surface area contributed by atoms with Crippen LogP contribution in [0, 0.1) is 0 Å². The number of nitrogens with one attached hydrogen (secondary N) is 2. The first kappa shape index (κ1) is 26.2. The summed E-state index contributed by atoms with van der Waals surface area (Å²) in [5, 5.41) is 6.40. The zero-order chi connectivity index (χ0) is 26.4. The molecule has 4 rings (SSSR count). The standard InChI is InChI=1S/C27H27ClN4O4S/c1-35-22-5-3-4-18(16-22)25(33)30-27(37)29-20-7-9-21(10-8-20)31-12-14-32(15-13-31)26(34)23-17-19(28)6-11-24(23)36-2/h3-11,16-17H,12-15H2,1-2H3,(H2,29,30,33,37). The maximum atomic E-state index is 13.0. The minimum atomic E-state index is -0.323. The topological polar surface area (TPSA) is 83.1 Å². The van der Waals surface area contributed by atoms with Crippen molar-refractivity contribution in [3.63, 3.8) is 0 Å². The van der Waals surface area contributed by atoms with Gasteiger partial charge in [-0.15, -0.1) is 0 Å². The van der Waals surface area contributed by atoms with Crippen molar-refractivity contribution in [1.82, 2.24) is 10.2 Å². The van der Waals surface area contributed by atoms with E-state index in [0.717, 1.165) is 11.4 Å². The summed E-state index contributed by atoms with van der Waals surface area (Å²) >= 11 is 11.4. The van der Waals surface area contributed by atoms with E-state index in [1.54, 1.807) is 49.6 Å². The summed E-state index contributed by atoms with van der Waals surface area (Å²) in [4.78, 5) is 29.5. The lowest BCUT2D eigenvalue weighted by molar-refractivity contribution is 0.0743. The summed E-state index contributed by atoms with van der Waals surface area (Å²) < 4.78 is 10.5. The number of rotatable bonds is 6. The third-order valence-electron chi connectivity index (χ3n) is 6.01. The zero-order valence-electron chi connectivity index (χ0n) is 20.5. The maximum absolute atomic E-state index is 13.0. The van der Waals surface area contributed by atoms with Gasteiger partial charge in [0.05, 0.1) is 19.8 Å². The SMILES string of the molecule is COc1cccc(C(=O)NC(=S)Nc2ccc(N3CCN(C(=O)c4cc(Cl)ccc4OC)CC3)cc2)c1. The van der Waals surface area contributed by atoms with Gasteiger partial charge in [0.1, 0.15) is 11.5 Å². The average molecular weight is 539 g/mol. The van der Waals surface area contributed by atoms with Crippen LogP contribution in [0.4, 0.5) is 11.4 Å². The molecule has 10 heteroatoms. The van der Waals surface area contributed by atoms with E-state index in [1.807, 2.05) is 29.2 Å². The summed E-state index contributed by atoms with van der Waals surface area (Å²) in [6.07, 6.45) is 0. The van der Waals surface area contributed by atoms with Gasteiger partial charge in [-0.25, -0.2) is 0 Å². The quantitative estimate of drug-likeness (QED) is 0.449. The number of anilines is 2. The summed E-state index contributed by atoms with van der Waals surface area (Å²) in [6.45, 7) is 2.54. The van der Waals surface area contributed by atoms with Crippen molar-refractivity contribution in [2.24, 2.45) is 0 Å². The maximum Gasteiger partial charge on any atom is 0.257 e. The molecule has 0 aromatic heterocycles. The predicted molar refractivity (Wildman–Crippen MR) is 149 cm³/mol. The molecule has 0 spiro atoms. The lowest BCUT2D eigenvalue weighted by atomic mass is 10.1. The van der Waals surface area contributed by atoms with Crippen LogP contribution in [0.15, 0.2) is 66.7 Å². The Bertz CT molecular complexity index is 1290. The third kappa shape index (κ3) is 6.49. The highest BCUT2D eigenvalue weighted by Crippen LogP contribution is 2.26. The van der Waals surface area contributed by atoms with Gasteiger partial charge in [-0.05, 0) is 72.9 Å². The van der Waals surface area contributed by atoms with Crippen molar-refractivity contribution < 1.29 is 19.1 Å². The molecule has 0 saturated carbocycles. The van der Waals surface area contributed by atoms with Crippen LogP contribution in [-0.4, -0.2) is 62.2 Å². The Morgan fingerprint density at radius 3 is 2.32 bits per heavy atom. The van der Waals surface area contributed by atoms with Crippen molar-refractivity contribution in [3.8, 4) is 11.5 Å². The molecular formula is C27H27ClN4O4S. The molecular weight excluding hydrogens is 512 g/mol. The van der Waals surface area contributed by atoms with Gasteiger partial charge in [-0.2, -0.15) is 0 Å². The zero-order valence-corrected chi connectivity index (χ0v) is 22.1. The van der Waals surface area contributed by atoms with E-state index < -0.39 is 0 Å². The third-order valence-corrected chi connectivity index (χ3v) is 6.45. The van der Waals surface area contributed by atoms with Crippen LogP contribution in [-0.2, 0) is 0 Å². The molecule has 1 fully saturated rings. The fourth-order valence-electron chi connectivity index (χ4n) is 4.04. The fourth-order valence-corrected chi connectivity index (χ4v) is 4.43. The van der Waals surface area contributed by atoms with Crippen molar-refractivity contribution >= 4 is 52.1 Å². The van der Waals surface area contributed by atoms with Crippen LogP contribution in [0.5, 0.6) is 11.5 Å². The molecule has 0 aliphatic carbocycles. The van der Waals surface area contributed by atoms with Crippen molar-refractivity contribution in [2.75, 3.05) is 50.6 Å². The molecule has 192 valence electrons. The Hall–Kier alpha value is -3.82. The number of halogens is 1. The highest BCUT2D eigenvalue weighted by atomic mass is 35.5. The van der Waals surface area contributed by atoms with Crippen LogP contribution < -0.4 is 25.0 Å². The lowest BCUT2D eigenvalue weighted by Crippen LogP contribution is -2.48. The number of carbonyl (C=O) groups excluding carboxylic acids is 2. The second kappa shape index (κ2) is 11.9. The largest absolute Gasteiger partial charge is 0.497 e. The second-order valence-electron chi connectivity index (χ2n) is 8.31. The van der Waals surface area contributed by atoms with E-state index in [2.05, 4.69) is 15.5 Å². The van der Waals surface area contributed by atoms with E-state index in [9.17, 15) is 9.59 Å². The molecule has 0 bridgehead atoms. The molecule has 0 atom stereocenters. The first-order valence-electron chi connectivity index (χ1n) is 11.6. The molecule has 1 aliphatic rings. The van der Waals surface area contributed by atoms with E-state index in [0.29, 0.717) is 53.8 Å². The normalized spacial score (nSPS) is 13.1. The number of nitrogens with zero attached hydrogens (tertiary/aromatic N) is 2. The van der Waals surface area contributed by atoms with Crippen LogP contribution >= 0.6 is 23.8 Å². The predicted octanol–water partition coefficient (Wildman–Crippen LogP) is 4.45. The average Bonchev–Trinajstić information content (AvgIpc) is 2.93. The molecule has 1 aliphatic heterocycles. The number of methoxy groups -OCH3 is 2. The van der Waals surface area contributed by atoms with Crippen molar-refractivity contribution in [3.05, 3.63) is 82.9 Å².